The number of methoxy groups -OCH3 is 1. The summed E-state index contributed by atoms with van der Waals surface area (Å²) in [7, 11) is 1.44. The van der Waals surface area contributed by atoms with E-state index in [2.05, 4.69) is 11.7 Å². The second-order valence-corrected chi connectivity index (χ2v) is 8.02. The van der Waals surface area contributed by atoms with Gasteiger partial charge in [-0.2, -0.15) is 11.8 Å². The zero-order chi connectivity index (χ0) is 18.4. The van der Waals surface area contributed by atoms with Crippen LogP contribution in [0.1, 0.15) is 96.8 Å². The van der Waals surface area contributed by atoms with Gasteiger partial charge in [-0.3, -0.25) is 4.79 Å². The lowest BCUT2D eigenvalue weighted by molar-refractivity contribution is -0.140. The van der Waals surface area contributed by atoms with E-state index in [1.165, 1.54) is 84.2 Å². The molecule has 0 atom stereocenters. The van der Waals surface area contributed by atoms with Crippen molar-refractivity contribution in [3.63, 3.8) is 0 Å². The summed E-state index contributed by atoms with van der Waals surface area (Å²) in [5.41, 5.74) is 0. The molecule has 0 saturated heterocycles. The summed E-state index contributed by atoms with van der Waals surface area (Å²) >= 11 is 1.83. The Morgan fingerprint density at radius 2 is 1.24 bits per heavy atom. The lowest BCUT2D eigenvalue weighted by atomic mass is 10.1. The van der Waals surface area contributed by atoms with Crippen molar-refractivity contribution in [3.05, 3.63) is 0 Å². The minimum absolute atomic E-state index is 0.109. The zero-order valence-electron chi connectivity index (χ0n) is 16.9. The van der Waals surface area contributed by atoms with Crippen LogP contribution < -0.4 is 0 Å². The molecular formula is C21H42O3S. The van der Waals surface area contributed by atoms with Gasteiger partial charge in [0.2, 0.25) is 0 Å². The van der Waals surface area contributed by atoms with E-state index in [0.29, 0.717) is 6.42 Å². The summed E-state index contributed by atoms with van der Waals surface area (Å²) in [6, 6.07) is 0. The summed E-state index contributed by atoms with van der Waals surface area (Å²) in [6.07, 6.45) is 18.0. The van der Waals surface area contributed by atoms with Crippen molar-refractivity contribution in [3.8, 4) is 0 Å². The van der Waals surface area contributed by atoms with Crippen molar-refractivity contribution in [2.24, 2.45) is 0 Å². The Balaban J connectivity index is 2.99. The molecule has 3 nitrogen and oxygen atoms in total. The first-order valence-electron chi connectivity index (χ1n) is 10.5. The molecule has 0 rings (SSSR count). The normalized spacial score (nSPS) is 11.0. The fraction of sp³-hybridized carbons (Fsp3) is 0.952. The molecule has 0 radical (unpaired) electrons. The summed E-state index contributed by atoms with van der Waals surface area (Å²) in [5.74, 6) is 1.87. The topological polar surface area (TPSA) is 35.5 Å². The molecule has 0 aromatic rings. The third-order valence-corrected chi connectivity index (χ3v) is 5.47. The van der Waals surface area contributed by atoms with Gasteiger partial charge in [0.15, 0.2) is 0 Å². The van der Waals surface area contributed by atoms with Crippen LogP contribution in [0.4, 0.5) is 0 Å². The molecule has 0 unspecified atom stereocenters. The van der Waals surface area contributed by atoms with Crippen LogP contribution in [0.2, 0.25) is 0 Å². The van der Waals surface area contributed by atoms with Crippen molar-refractivity contribution in [1.29, 1.82) is 0 Å². The lowest BCUT2D eigenvalue weighted by Gasteiger charge is -2.05. The van der Waals surface area contributed by atoms with Gasteiger partial charge in [-0.05, 0) is 25.0 Å². The predicted molar refractivity (Wildman–Crippen MR) is 110 cm³/mol. The second-order valence-electron chi connectivity index (χ2n) is 6.79. The molecule has 0 heterocycles. The molecule has 150 valence electrons. The molecular weight excluding hydrogens is 332 g/mol. The Hall–Kier alpha value is -0.220. The van der Waals surface area contributed by atoms with Gasteiger partial charge >= 0.3 is 5.97 Å². The zero-order valence-corrected chi connectivity index (χ0v) is 17.7. The fourth-order valence-corrected chi connectivity index (χ4v) is 3.66. The van der Waals surface area contributed by atoms with Crippen LogP contribution in [0.3, 0.4) is 0 Å². The Morgan fingerprint density at radius 3 is 1.80 bits per heavy atom. The van der Waals surface area contributed by atoms with E-state index in [1.54, 1.807) is 0 Å². The molecule has 0 aromatic heterocycles. The van der Waals surface area contributed by atoms with Crippen LogP contribution in [0.5, 0.6) is 0 Å². The maximum absolute atomic E-state index is 10.9. The van der Waals surface area contributed by atoms with E-state index in [9.17, 15) is 4.79 Å². The fourth-order valence-electron chi connectivity index (χ4n) is 2.74. The van der Waals surface area contributed by atoms with Crippen LogP contribution in [-0.2, 0) is 14.3 Å². The molecule has 0 N–H and O–H groups in total. The van der Waals surface area contributed by atoms with E-state index in [-0.39, 0.29) is 5.97 Å². The maximum atomic E-state index is 10.9. The Bertz CT molecular complexity index is 272. The lowest BCUT2D eigenvalue weighted by Crippen LogP contribution is -2.02. The number of hydrogen-bond acceptors (Lipinski definition) is 4. The monoisotopic (exact) mass is 374 g/mol. The smallest absolute Gasteiger partial charge is 0.306 e. The van der Waals surface area contributed by atoms with Gasteiger partial charge in [-0.25, -0.2) is 0 Å². The molecule has 0 aromatic carbocycles. The highest BCUT2D eigenvalue weighted by Gasteiger charge is 1.99. The summed E-state index contributed by atoms with van der Waals surface area (Å²) in [6.45, 7) is 4.08. The first kappa shape index (κ1) is 24.8. The molecule has 0 aliphatic carbocycles. The molecule has 0 saturated carbocycles. The van der Waals surface area contributed by atoms with E-state index in [0.717, 1.165) is 31.1 Å². The van der Waals surface area contributed by atoms with Gasteiger partial charge in [-0.1, -0.05) is 71.1 Å². The van der Waals surface area contributed by atoms with Crippen LogP contribution in [0.25, 0.3) is 0 Å². The molecule has 0 aliphatic rings. The molecule has 25 heavy (non-hydrogen) atoms. The number of rotatable bonds is 20. The van der Waals surface area contributed by atoms with Gasteiger partial charge < -0.3 is 9.47 Å². The predicted octanol–water partition coefficient (Wildman–Crippen LogP) is 6.39. The van der Waals surface area contributed by atoms with Crippen molar-refractivity contribution < 1.29 is 14.3 Å². The second kappa shape index (κ2) is 21.8. The van der Waals surface area contributed by atoms with E-state index in [1.807, 2.05) is 11.8 Å². The average molecular weight is 375 g/mol. The SMILES string of the molecule is CCCCCCCCCCCCCOCCCCSCCC(=O)OC. The number of unbranched alkanes of at least 4 members (excludes halogenated alkanes) is 11. The van der Waals surface area contributed by atoms with Crippen LogP contribution >= 0.6 is 11.8 Å². The maximum Gasteiger partial charge on any atom is 0.306 e. The largest absolute Gasteiger partial charge is 0.469 e. The first-order chi connectivity index (χ1) is 12.3. The van der Waals surface area contributed by atoms with E-state index < -0.39 is 0 Å². The highest BCUT2D eigenvalue weighted by molar-refractivity contribution is 7.99. The summed E-state index contributed by atoms with van der Waals surface area (Å²) in [4.78, 5) is 10.9. The number of carbonyl (C=O) groups is 1. The van der Waals surface area contributed by atoms with Crippen molar-refractivity contribution in [2.45, 2.75) is 96.8 Å². The number of esters is 1. The quantitative estimate of drug-likeness (QED) is 0.183. The van der Waals surface area contributed by atoms with Crippen molar-refractivity contribution in [1.82, 2.24) is 0 Å². The van der Waals surface area contributed by atoms with Gasteiger partial charge in [0, 0.05) is 19.0 Å². The Labute approximate surface area is 161 Å². The third-order valence-electron chi connectivity index (χ3n) is 4.40. The van der Waals surface area contributed by atoms with Gasteiger partial charge in [-0.15, -0.1) is 0 Å². The van der Waals surface area contributed by atoms with Gasteiger partial charge in [0.1, 0.15) is 0 Å². The highest BCUT2D eigenvalue weighted by Crippen LogP contribution is 2.11. The molecule has 0 aliphatic heterocycles. The number of ether oxygens (including phenoxy) is 2. The standard InChI is InChI=1S/C21H42O3S/c1-3-4-5-6-7-8-9-10-11-12-13-17-24-18-14-15-19-25-20-16-21(22)23-2/h3-20H2,1-2H3. The Kier molecular flexibility index (Phi) is 21.6. The van der Waals surface area contributed by atoms with Crippen LogP contribution in [-0.4, -0.2) is 37.8 Å². The molecule has 0 bridgehead atoms. The average Bonchev–Trinajstić information content (AvgIpc) is 2.63. The van der Waals surface area contributed by atoms with Crippen molar-refractivity contribution in [2.75, 3.05) is 31.8 Å². The number of carbonyl (C=O) groups excluding carboxylic acids is 1. The summed E-state index contributed by atoms with van der Waals surface area (Å²) in [5, 5.41) is 0. The molecule has 4 heteroatoms. The minimum atomic E-state index is -0.109. The van der Waals surface area contributed by atoms with Crippen LogP contribution in [0, 0.1) is 0 Å². The van der Waals surface area contributed by atoms with E-state index in [4.69, 9.17) is 4.74 Å². The molecule has 0 fully saturated rings. The van der Waals surface area contributed by atoms with Crippen molar-refractivity contribution >= 4 is 17.7 Å². The first-order valence-corrected chi connectivity index (χ1v) is 11.7. The molecule has 0 amide bonds. The third kappa shape index (κ3) is 21.7. The minimum Gasteiger partial charge on any atom is -0.469 e. The van der Waals surface area contributed by atoms with Gasteiger partial charge in [0.25, 0.3) is 0 Å². The summed E-state index contributed by atoms with van der Waals surface area (Å²) < 4.78 is 10.3. The number of hydrogen-bond donors (Lipinski definition) is 0. The highest BCUT2D eigenvalue weighted by atomic mass is 32.2. The van der Waals surface area contributed by atoms with Crippen LogP contribution in [0.15, 0.2) is 0 Å². The van der Waals surface area contributed by atoms with Gasteiger partial charge in [0.05, 0.1) is 13.5 Å². The Morgan fingerprint density at radius 1 is 0.720 bits per heavy atom. The van der Waals surface area contributed by atoms with E-state index >= 15 is 0 Å². The number of thioether (sulfide) groups is 1. The molecule has 0 spiro atoms.